The van der Waals surface area contributed by atoms with Crippen LogP contribution < -0.4 is 0 Å². The van der Waals surface area contributed by atoms with Crippen molar-refractivity contribution in [1.29, 1.82) is 0 Å². The van der Waals surface area contributed by atoms with E-state index >= 15 is 0 Å². The standard InChI is InChI=1S/C13H17NO3S/c1-14(8-9-15)18(16,17)13-7-6-11-4-2-3-5-12(11)10-13/h2-5,10,15H,6-9H2,1H3. The van der Waals surface area contributed by atoms with Gasteiger partial charge in [-0.25, -0.2) is 8.42 Å². The monoisotopic (exact) mass is 267 g/mol. The minimum Gasteiger partial charge on any atom is -0.395 e. The summed E-state index contributed by atoms with van der Waals surface area (Å²) in [5.41, 5.74) is 2.15. The number of rotatable bonds is 4. The Morgan fingerprint density at radius 2 is 2.00 bits per heavy atom. The van der Waals surface area contributed by atoms with Crippen LogP contribution in [0, 0.1) is 0 Å². The molecule has 0 atom stereocenters. The van der Waals surface area contributed by atoms with Crippen LogP contribution in [0.3, 0.4) is 0 Å². The lowest BCUT2D eigenvalue weighted by atomic mass is 9.98. The van der Waals surface area contributed by atoms with Gasteiger partial charge >= 0.3 is 0 Å². The fourth-order valence-corrected chi connectivity index (χ4v) is 3.43. The van der Waals surface area contributed by atoms with E-state index in [1.807, 2.05) is 24.3 Å². The Hall–Kier alpha value is -1.17. The van der Waals surface area contributed by atoms with Gasteiger partial charge in [-0.1, -0.05) is 24.3 Å². The topological polar surface area (TPSA) is 57.6 Å². The highest BCUT2D eigenvalue weighted by Gasteiger charge is 2.25. The van der Waals surface area contributed by atoms with E-state index in [0.29, 0.717) is 11.3 Å². The molecule has 98 valence electrons. The van der Waals surface area contributed by atoms with E-state index in [0.717, 1.165) is 12.0 Å². The molecule has 0 heterocycles. The lowest BCUT2D eigenvalue weighted by molar-refractivity contribution is 0.267. The number of aliphatic hydroxyl groups excluding tert-OH is 1. The van der Waals surface area contributed by atoms with Crippen LogP contribution in [0.25, 0.3) is 6.08 Å². The number of aliphatic hydroxyl groups is 1. The van der Waals surface area contributed by atoms with Gasteiger partial charge in [-0.15, -0.1) is 0 Å². The Bertz CT molecular complexity index is 563. The molecule has 0 aliphatic heterocycles. The predicted octanol–water partition coefficient (Wildman–Crippen LogP) is 1.23. The number of hydrogen-bond acceptors (Lipinski definition) is 3. The molecule has 0 spiro atoms. The lowest BCUT2D eigenvalue weighted by Crippen LogP contribution is -2.31. The Balaban J connectivity index is 2.34. The number of fused-ring (bicyclic) bond motifs is 1. The van der Waals surface area contributed by atoms with E-state index < -0.39 is 10.0 Å². The first-order valence-electron chi connectivity index (χ1n) is 5.91. The maximum Gasteiger partial charge on any atom is 0.239 e. The molecular weight excluding hydrogens is 250 g/mol. The zero-order valence-electron chi connectivity index (χ0n) is 10.3. The molecule has 0 saturated carbocycles. The average molecular weight is 267 g/mol. The third kappa shape index (κ3) is 2.48. The Labute approximate surface area is 108 Å². The first kappa shape index (κ1) is 13.3. The Kier molecular flexibility index (Phi) is 3.85. The fourth-order valence-electron chi connectivity index (χ4n) is 2.07. The van der Waals surface area contributed by atoms with E-state index in [1.54, 1.807) is 6.08 Å². The highest BCUT2D eigenvalue weighted by molar-refractivity contribution is 7.93. The summed E-state index contributed by atoms with van der Waals surface area (Å²) < 4.78 is 25.7. The lowest BCUT2D eigenvalue weighted by Gasteiger charge is -2.21. The van der Waals surface area contributed by atoms with Gasteiger partial charge in [0.05, 0.1) is 11.5 Å². The van der Waals surface area contributed by atoms with Gasteiger partial charge in [0, 0.05) is 13.6 Å². The SMILES string of the molecule is CN(CCO)S(=O)(=O)C1=Cc2ccccc2CC1. The van der Waals surface area contributed by atoms with Crippen LogP contribution in [-0.4, -0.2) is 38.0 Å². The maximum atomic E-state index is 12.2. The summed E-state index contributed by atoms with van der Waals surface area (Å²) in [5, 5.41) is 8.83. The third-order valence-corrected chi connectivity index (χ3v) is 5.16. The van der Waals surface area contributed by atoms with Gasteiger partial charge in [-0.3, -0.25) is 0 Å². The summed E-state index contributed by atoms with van der Waals surface area (Å²) in [7, 11) is -1.94. The van der Waals surface area contributed by atoms with Crippen molar-refractivity contribution in [1.82, 2.24) is 4.31 Å². The second kappa shape index (κ2) is 5.22. The largest absolute Gasteiger partial charge is 0.395 e. The van der Waals surface area contributed by atoms with Gasteiger partial charge in [-0.2, -0.15) is 4.31 Å². The molecule has 1 N–H and O–H groups in total. The molecule has 4 nitrogen and oxygen atoms in total. The molecular formula is C13H17NO3S. The molecule has 1 aliphatic rings. The van der Waals surface area contributed by atoms with Crippen LogP contribution in [-0.2, 0) is 16.4 Å². The summed E-state index contributed by atoms with van der Waals surface area (Å²) in [6.07, 6.45) is 3.01. The van der Waals surface area contributed by atoms with Crippen molar-refractivity contribution in [2.24, 2.45) is 0 Å². The van der Waals surface area contributed by atoms with Crippen molar-refractivity contribution in [3.8, 4) is 0 Å². The zero-order valence-corrected chi connectivity index (χ0v) is 11.2. The summed E-state index contributed by atoms with van der Waals surface area (Å²) in [6.45, 7) is -0.0408. The smallest absolute Gasteiger partial charge is 0.239 e. The summed E-state index contributed by atoms with van der Waals surface area (Å²) in [5.74, 6) is 0. The normalized spacial score (nSPS) is 15.4. The molecule has 1 aliphatic carbocycles. The van der Waals surface area contributed by atoms with Crippen LogP contribution in [0.15, 0.2) is 29.2 Å². The molecule has 18 heavy (non-hydrogen) atoms. The molecule has 1 aromatic rings. The van der Waals surface area contributed by atoms with Gasteiger partial charge in [0.2, 0.25) is 10.0 Å². The van der Waals surface area contributed by atoms with Crippen LogP contribution in [0.1, 0.15) is 17.5 Å². The molecule has 0 aromatic heterocycles. The van der Waals surface area contributed by atoms with E-state index in [-0.39, 0.29) is 13.2 Å². The molecule has 5 heteroatoms. The molecule has 1 aromatic carbocycles. The number of benzene rings is 1. The predicted molar refractivity (Wildman–Crippen MR) is 71.4 cm³/mol. The van der Waals surface area contributed by atoms with Gasteiger partial charge in [0.1, 0.15) is 0 Å². The van der Waals surface area contributed by atoms with Gasteiger partial charge in [0.15, 0.2) is 0 Å². The van der Waals surface area contributed by atoms with Crippen molar-refractivity contribution in [3.63, 3.8) is 0 Å². The van der Waals surface area contributed by atoms with Gasteiger partial charge in [0.25, 0.3) is 0 Å². The molecule has 0 radical (unpaired) electrons. The second-order valence-electron chi connectivity index (χ2n) is 4.36. The molecule has 0 fully saturated rings. The number of hydrogen-bond donors (Lipinski definition) is 1. The number of allylic oxidation sites excluding steroid dienone is 1. The molecule has 0 unspecified atom stereocenters. The zero-order chi connectivity index (χ0) is 13.2. The van der Waals surface area contributed by atoms with Crippen molar-refractivity contribution >= 4 is 16.1 Å². The van der Waals surface area contributed by atoms with Crippen molar-refractivity contribution in [2.45, 2.75) is 12.8 Å². The fraction of sp³-hybridized carbons (Fsp3) is 0.385. The minimum atomic E-state index is -3.43. The maximum absolute atomic E-state index is 12.2. The van der Waals surface area contributed by atoms with Crippen LogP contribution in [0.4, 0.5) is 0 Å². The number of sulfonamides is 1. The number of likely N-dealkylation sites (N-methyl/N-ethyl adjacent to an activating group) is 1. The van der Waals surface area contributed by atoms with E-state index in [4.69, 9.17) is 5.11 Å². The quantitative estimate of drug-likeness (QED) is 0.892. The van der Waals surface area contributed by atoms with Crippen LogP contribution in [0.5, 0.6) is 0 Å². The first-order chi connectivity index (χ1) is 8.55. The minimum absolute atomic E-state index is 0.126. The van der Waals surface area contributed by atoms with Crippen molar-refractivity contribution in [2.75, 3.05) is 20.2 Å². The highest BCUT2D eigenvalue weighted by Crippen LogP contribution is 2.28. The highest BCUT2D eigenvalue weighted by atomic mass is 32.2. The van der Waals surface area contributed by atoms with Crippen LogP contribution >= 0.6 is 0 Å². The van der Waals surface area contributed by atoms with Crippen molar-refractivity contribution < 1.29 is 13.5 Å². The second-order valence-corrected chi connectivity index (χ2v) is 6.46. The van der Waals surface area contributed by atoms with E-state index in [9.17, 15) is 8.42 Å². The number of nitrogens with zero attached hydrogens (tertiary/aromatic N) is 1. The van der Waals surface area contributed by atoms with Gasteiger partial charge < -0.3 is 5.11 Å². The first-order valence-corrected chi connectivity index (χ1v) is 7.35. The molecule has 0 bridgehead atoms. The van der Waals surface area contributed by atoms with Crippen LogP contribution in [0.2, 0.25) is 0 Å². The van der Waals surface area contributed by atoms with E-state index in [2.05, 4.69) is 0 Å². The average Bonchev–Trinajstić information content (AvgIpc) is 2.38. The van der Waals surface area contributed by atoms with Crippen molar-refractivity contribution in [3.05, 3.63) is 40.3 Å². The molecule has 0 saturated heterocycles. The third-order valence-electron chi connectivity index (χ3n) is 3.17. The van der Waals surface area contributed by atoms with E-state index in [1.165, 1.54) is 16.9 Å². The molecule has 0 amide bonds. The molecule has 2 rings (SSSR count). The number of aryl methyl sites for hydroxylation is 1. The Morgan fingerprint density at radius 3 is 2.72 bits per heavy atom. The Morgan fingerprint density at radius 1 is 1.28 bits per heavy atom. The summed E-state index contributed by atoms with van der Waals surface area (Å²) in [6, 6.07) is 7.81. The summed E-state index contributed by atoms with van der Waals surface area (Å²) in [4.78, 5) is 0.428. The van der Waals surface area contributed by atoms with Gasteiger partial charge in [-0.05, 0) is 30.0 Å². The summed E-state index contributed by atoms with van der Waals surface area (Å²) >= 11 is 0.